The van der Waals surface area contributed by atoms with Gasteiger partial charge in [-0.2, -0.15) is 0 Å². The number of hydrogen-bond acceptors (Lipinski definition) is 4. The van der Waals surface area contributed by atoms with Crippen molar-refractivity contribution in [3.05, 3.63) is 48.0 Å². The summed E-state index contributed by atoms with van der Waals surface area (Å²) in [5.41, 5.74) is 1.35. The molecular formula is C19H28N4O. The third-order valence-electron chi connectivity index (χ3n) is 4.85. The predicted molar refractivity (Wildman–Crippen MR) is 96.1 cm³/mol. The summed E-state index contributed by atoms with van der Waals surface area (Å²) in [6, 6.07) is 8.90. The number of likely N-dealkylation sites (tertiary alicyclic amines) is 1. The molecule has 5 heteroatoms. The first kappa shape index (κ1) is 17.0. The molecule has 2 heterocycles. The average molecular weight is 328 g/mol. The number of ether oxygens (including phenoxy) is 1. The zero-order chi connectivity index (χ0) is 16.8. The van der Waals surface area contributed by atoms with Gasteiger partial charge in [0.25, 0.3) is 0 Å². The standard InChI is InChI=1S/C19H28N4O/c1-3-22-13-10-21-19(22)15-20-14-18(23-11-4-5-12-23)16-6-8-17(24-2)9-7-16/h6-10,13,18,20H,3-5,11-12,14-15H2,1-2H3. The molecule has 0 spiro atoms. The number of benzene rings is 1. The normalized spacial score (nSPS) is 16.4. The second-order valence-electron chi connectivity index (χ2n) is 6.29. The third-order valence-corrected chi connectivity index (χ3v) is 4.85. The van der Waals surface area contributed by atoms with E-state index in [1.807, 2.05) is 12.4 Å². The molecule has 1 unspecified atom stereocenters. The largest absolute Gasteiger partial charge is 0.497 e. The van der Waals surface area contributed by atoms with Crippen LogP contribution >= 0.6 is 0 Å². The SMILES string of the molecule is CCn1ccnc1CNCC(c1ccc(OC)cc1)N1CCCC1. The van der Waals surface area contributed by atoms with Gasteiger partial charge in [0.1, 0.15) is 11.6 Å². The molecule has 1 aliphatic rings. The molecule has 0 bridgehead atoms. The summed E-state index contributed by atoms with van der Waals surface area (Å²) in [5.74, 6) is 2.02. The topological polar surface area (TPSA) is 42.3 Å². The maximum atomic E-state index is 5.29. The van der Waals surface area contributed by atoms with Crippen molar-refractivity contribution in [2.24, 2.45) is 0 Å². The van der Waals surface area contributed by atoms with Gasteiger partial charge in [0, 0.05) is 31.5 Å². The number of nitrogens with one attached hydrogen (secondary N) is 1. The Morgan fingerprint density at radius 2 is 1.96 bits per heavy atom. The van der Waals surface area contributed by atoms with Gasteiger partial charge in [0.2, 0.25) is 0 Å². The highest BCUT2D eigenvalue weighted by Crippen LogP contribution is 2.26. The summed E-state index contributed by atoms with van der Waals surface area (Å²) in [4.78, 5) is 7.03. The predicted octanol–water partition coefficient (Wildman–Crippen LogP) is 2.84. The van der Waals surface area contributed by atoms with Gasteiger partial charge < -0.3 is 14.6 Å². The number of imidazole rings is 1. The molecular weight excluding hydrogens is 300 g/mol. The van der Waals surface area contributed by atoms with E-state index in [1.54, 1.807) is 7.11 Å². The van der Waals surface area contributed by atoms with Gasteiger partial charge in [-0.1, -0.05) is 12.1 Å². The average Bonchev–Trinajstić information content (AvgIpc) is 3.30. The smallest absolute Gasteiger partial charge is 0.122 e. The highest BCUT2D eigenvalue weighted by atomic mass is 16.5. The molecule has 5 nitrogen and oxygen atoms in total. The molecule has 1 N–H and O–H groups in total. The Kier molecular flexibility index (Phi) is 5.88. The van der Waals surface area contributed by atoms with Crippen molar-refractivity contribution in [1.29, 1.82) is 0 Å². The monoisotopic (exact) mass is 328 g/mol. The fourth-order valence-electron chi connectivity index (χ4n) is 3.45. The molecule has 1 aliphatic heterocycles. The van der Waals surface area contributed by atoms with Gasteiger partial charge in [0.15, 0.2) is 0 Å². The number of nitrogens with zero attached hydrogens (tertiary/aromatic N) is 3. The Morgan fingerprint density at radius 3 is 2.62 bits per heavy atom. The summed E-state index contributed by atoms with van der Waals surface area (Å²) >= 11 is 0. The van der Waals surface area contributed by atoms with Crippen LogP contribution in [0.25, 0.3) is 0 Å². The van der Waals surface area contributed by atoms with E-state index >= 15 is 0 Å². The Labute approximate surface area is 144 Å². The van der Waals surface area contributed by atoms with Crippen molar-refractivity contribution in [3.8, 4) is 5.75 Å². The van der Waals surface area contributed by atoms with Crippen molar-refractivity contribution < 1.29 is 4.74 Å². The number of hydrogen-bond donors (Lipinski definition) is 1. The Bertz CT molecular complexity index is 617. The van der Waals surface area contributed by atoms with Gasteiger partial charge in [-0.05, 0) is 50.6 Å². The Balaban J connectivity index is 1.65. The maximum absolute atomic E-state index is 5.29. The summed E-state index contributed by atoms with van der Waals surface area (Å²) in [6.07, 6.45) is 6.51. The van der Waals surface area contributed by atoms with Crippen LogP contribution in [0.1, 0.15) is 37.2 Å². The quantitative estimate of drug-likeness (QED) is 0.809. The molecule has 1 saturated heterocycles. The minimum Gasteiger partial charge on any atom is -0.497 e. The molecule has 1 aromatic carbocycles. The van der Waals surface area contributed by atoms with Crippen LogP contribution in [-0.2, 0) is 13.1 Å². The van der Waals surface area contributed by atoms with Gasteiger partial charge in [-0.25, -0.2) is 4.98 Å². The fourth-order valence-corrected chi connectivity index (χ4v) is 3.45. The van der Waals surface area contributed by atoms with E-state index in [9.17, 15) is 0 Å². The fraction of sp³-hybridized carbons (Fsp3) is 0.526. The highest BCUT2D eigenvalue weighted by molar-refractivity contribution is 5.29. The number of rotatable bonds is 8. The van der Waals surface area contributed by atoms with Crippen molar-refractivity contribution in [3.63, 3.8) is 0 Å². The molecule has 0 aliphatic carbocycles. The van der Waals surface area contributed by atoms with E-state index < -0.39 is 0 Å². The summed E-state index contributed by atoms with van der Waals surface area (Å²) in [7, 11) is 1.71. The minimum absolute atomic E-state index is 0.406. The molecule has 0 amide bonds. The molecule has 1 atom stereocenters. The van der Waals surface area contributed by atoms with E-state index in [1.165, 1.54) is 31.5 Å². The van der Waals surface area contributed by atoms with Crippen LogP contribution in [0.4, 0.5) is 0 Å². The van der Waals surface area contributed by atoms with Crippen LogP contribution in [0.3, 0.4) is 0 Å². The van der Waals surface area contributed by atoms with Crippen LogP contribution in [0.5, 0.6) is 5.75 Å². The van der Waals surface area contributed by atoms with Crippen LogP contribution in [-0.4, -0.2) is 41.2 Å². The van der Waals surface area contributed by atoms with E-state index in [0.29, 0.717) is 6.04 Å². The van der Waals surface area contributed by atoms with Crippen LogP contribution in [0, 0.1) is 0 Å². The van der Waals surface area contributed by atoms with Gasteiger partial charge in [-0.3, -0.25) is 4.90 Å². The molecule has 1 fully saturated rings. The first-order chi connectivity index (χ1) is 11.8. The lowest BCUT2D eigenvalue weighted by Crippen LogP contribution is -2.34. The number of methoxy groups -OCH3 is 1. The third kappa shape index (κ3) is 3.97. The van der Waals surface area contributed by atoms with Crippen LogP contribution in [0.15, 0.2) is 36.7 Å². The van der Waals surface area contributed by atoms with E-state index in [-0.39, 0.29) is 0 Å². The van der Waals surface area contributed by atoms with Gasteiger partial charge in [0.05, 0.1) is 13.7 Å². The van der Waals surface area contributed by atoms with Crippen molar-refractivity contribution >= 4 is 0 Å². The molecule has 0 radical (unpaired) electrons. The van der Waals surface area contributed by atoms with Crippen molar-refractivity contribution in [2.45, 2.75) is 38.9 Å². The molecule has 24 heavy (non-hydrogen) atoms. The zero-order valence-electron chi connectivity index (χ0n) is 14.7. The van der Waals surface area contributed by atoms with Crippen LogP contribution < -0.4 is 10.1 Å². The zero-order valence-corrected chi connectivity index (χ0v) is 14.7. The Hall–Kier alpha value is -1.85. The summed E-state index contributed by atoms with van der Waals surface area (Å²) < 4.78 is 7.48. The van der Waals surface area contributed by atoms with Crippen molar-refractivity contribution in [2.75, 3.05) is 26.7 Å². The first-order valence-electron chi connectivity index (χ1n) is 8.90. The molecule has 0 saturated carbocycles. The Morgan fingerprint density at radius 1 is 1.21 bits per heavy atom. The van der Waals surface area contributed by atoms with E-state index in [4.69, 9.17) is 4.74 Å². The summed E-state index contributed by atoms with van der Waals surface area (Å²) in [5, 5.41) is 3.61. The maximum Gasteiger partial charge on any atom is 0.122 e. The lowest BCUT2D eigenvalue weighted by atomic mass is 10.1. The molecule has 1 aromatic heterocycles. The molecule has 130 valence electrons. The van der Waals surface area contributed by atoms with Gasteiger partial charge in [-0.15, -0.1) is 0 Å². The highest BCUT2D eigenvalue weighted by Gasteiger charge is 2.23. The minimum atomic E-state index is 0.406. The second kappa shape index (κ2) is 8.31. The van der Waals surface area contributed by atoms with E-state index in [2.05, 4.69) is 51.0 Å². The second-order valence-corrected chi connectivity index (χ2v) is 6.29. The first-order valence-corrected chi connectivity index (χ1v) is 8.90. The lowest BCUT2D eigenvalue weighted by molar-refractivity contribution is 0.237. The summed E-state index contributed by atoms with van der Waals surface area (Å²) in [6.45, 7) is 7.22. The van der Waals surface area contributed by atoms with Crippen molar-refractivity contribution in [1.82, 2.24) is 19.8 Å². The van der Waals surface area contributed by atoms with Crippen LogP contribution in [0.2, 0.25) is 0 Å². The lowest BCUT2D eigenvalue weighted by Gasteiger charge is -2.28. The van der Waals surface area contributed by atoms with E-state index in [0.717, 1.165) is 31.2 Å². The number of aromatic nitrogens is 2. The van der Waals surface area contributed by atoms with Gasteiger partial charge >= 0.3 is 0 Å². The number of aryl methyl sites for hydroxylation is 1. The molecule has 2 aromatic rings. The molecule has 3 rings (SSSR count).